The Kier molecular flexibility index (Phi) is 4.93. The van der Waals surface area contributed by atoms with Crippen LogP contribution in [0, 0.1) is 0 Å². The number of pyridine rings is 1. The summed E-state index contributed by atoms with van der Waals surface area (Å²) in [5.41, 5.74) is 3.58. The summed E-state index contributed by atoms with van der Waals surface area (Å²) in [6.45, 7) is 3.97. The molecule has 3 aromatic rings. The molecule has 138 valence electrons. The fraction of sp³-hybridized carbons (Fsp3) is 0.300. The molecular weight excluding hydrogens is 340 g/mol. The fourth-order valence-corrected chi connectivity index (χ4v) is 3.34. The molecule has 0 saturated carbocycles. The molecule has 0 radical (unpaired) electrons. The summed E-state index contributed by atoms with van der Waals surface area (Å²) in [5.74, 6) is 1.23. The van der Waals surface area contributed by atoms with Crippen LogP contribution in [0.3, 0.4) is 0 Å². The second kappa shape index (κ2) is 7.67. The first-order chi connectivity index (χ1) is 13.2. The van der Waals surface area contributed by atoms with E-state index < -0.39 is 0 Å². The Hall–Kier alpha value is -3.06. The van der Waals surface area contributed by atoms with E-state index in [9.17, 15) is 4.79 Å². The van der Waals surface area contributed by atoms with Gasteiger partial charge in [0.15, 0.2) is 5.82 Å². The predicted molar refractivity (Wildman–Crippen MR) is 101 cm³/mol. The SMILES string of the molecule is CC(C(=O)NCc1nc(-c2ccncc2)n[nH]1)N1CCc2ccccc2C1. The van der Waals surface area contributed by atoms with Gasteiger partial charge in [0.2, 0.25) is 5.91 Å². The lowest BCUT2D eigenvalue weighted by atomic mass is 9.99. The van der Waals surface area contributed by atoms with Crippen molar-refractivity contribution < 1.29 is 4.79 Å². The Labute approximate surface area is 157 Å². The van der Waals surface area contributed by atoms with E-state index in [-0.39, 0.29) is 11.9 Å². The zero-order chi connectivity index (χ0) is 18.6. The van der Waals surface area contributed by atoms with Gasteiger partial charge in [0.05, 0.1) is 12.6 Å². The van der Waals surface area contributed by atoms with E-state index in [1.54, 1.807) is 12.4 Å². The van der Waals surface area contributed by atoms with Crippen molar-refractivity contribution >= 4 is 5.91 Å². The van der Waals surface area contributed by atoms with Crippen molar-refractivity contribution in [1.29, 1.82) is 0 Å². The number of carbonyl (C=O) groups excluding carboxylic acids is 1. The van der Waals surface area contributed by atoms with Gasteiger partial charge in [-0.1, -0.05) is 24.3 Å². The smallest absolute Gasteiger partial charge is 0.237 e. The summed E-state index contributed by atoms with van der Waals surface area (Å²) in [7, 11) is 0. The van der Waals surface area contributed by atoms with Crippen molar-refractivity contribution in [3.05, 3.63) is 65.7 Å². The molecule has 2 N–H and O–H groups in total. The third-order valence-electron chi connectivity index (χ3n) is 4.99. The minimum absolute atomic E-state index is 0.00348. The van der Waals surface area contributed by atoms with E-state index in [0.717, 1.165) is 25.1 Å². The molecule has 0 spiro atoms. The summed E-state index contributed by atoms with van der Waals surface area (Å²) in [5, 5.41) is 10.0. The average molecular weight is 362 g/mol. The number of rotatable bonds is 5. The number of carbonyl (C=O) groups is 1. The highest BCUT2D eigenvalue weighted by atomic mass is 16.2. The van der Waals surface area contributed by atoms with E-state index in [1.807, 2.05) is 19.1 Å². The van der Waals surface area contributed by atoms with E-state index in [1.165, 1.54) is 11.1 Å². The summed E-state index contributed by atoms with van der Waals surface area (Å²) in [6.07, 6.45) is 4.38. The zero-order valence-electron chi connectivity index (χ0n) is 15.2. The van der Waals surface area contributed by atoms with Crippen molar-refractivity contribution in [2.24, 2.45) is 0 Å². The molecule has 7 nitrogen and oxygen atoms in total. The minimum Gasteiger partial charge on any atom is -0.347 e. The number of aromatic nitrogens is 4. The molecule has 1 amide bonds. The van der Waals surface area contributed by atoms with Gasteiger partial charge in [-0.25, -0.2) is 4.98 Å². The lowest BCUT2D eigenvalue weighted by molar-refractivity contribution is -0.126. The molecule has 1 atom stereocenters. The Morgan fingerprint density at radius 1 is 1.22 bits per heavy atom. The van der Waals surface area contributed by atoms with Gasteiger partial charge in [0.1, 0.15) is 5.82 Å². The summed E-state index contributed by atoms with van der Waals surface area (Å²) < 4.78 is 0. The van der Waals surface area contributed by atoms with E-state index in [4.69, 9.17) is 0 Å². The van der Waals surface area contributed by atoms with Gasteiger partial charge < -0.3 is 5.32 Å². The van der Waals surface area contributed by atoms with Gasteiger partial charge >= 0.3 is 0 Å². The van der Waals surface area contributed by atoms with Crippen molar-refractivity contribution in [3.8, 4) is 11.4 Å². The number of fused-ring (bicyclic) bond motifs is 1. The number of amides is 1. The molecule has 1 aliphatic rings. The molecule has 27 heavy (non-hydrogen) atoms. The first-order valence-corrected chi connectivity index (χ1v) is 9.11. The molecule has 7 heteroatoms. The van der Waals surface area contributed by atoms with E-state index in [2.05, 4.69) is 54.6 Å². The highest BCUT2D eigenvalue weighted by Crippen LogP contribution is 2.20. The molecule has 0 fully saturated rings. The van der Waals surface area contributed by atoms with Crippen LogP contribution in [0.5, 0.6) is 0 Å². The van der Waals surface area contributed by atoms with E-state index in [0.29, 0.717) is 18.2 Å². The topological polar surface area (TPSA) is 86.8 Å². The standard InChI is InChI=1S/C20H22N6O/c1-14(26-11-8-15-4-2-3-5-17(15)13-26)20(27)22-12-18-23-19(25-24-18)16-6-9-21-10-7-16/h2-7,9-10,14H,8,11-13H2,1H3,(H,22,27)(H,23,24,25). The number of nitrogens with one attached hydrogen (secondary N) is 2. The van der Waals surface area contributed by atoms with Gasteiger partial charge in [-0.3, -0.25) is 19.8 Å². The molecule has 2 aromatic heterocycles. The van der Waals surface area contributed by atoms with Crippen LogP contribution in [0.4, 0.5) is 0 Å². The van der Waals surface area contributed by atoms with Crippen LogP contribution in [-0.4, -0.2) is 43.6 Å². The molecule has 1 aromatic carbocycles. The second-order valence-electron chi connectivity index (χ2n) is 6.72. The number of benzene rings is 1. The third-order valence-corrected chi connectivity index (χ3v) is 4.99. The largest absolute Gasteiger partial charge is 0.347 e. The quantitative estimate of drug-likeness (QED) is 0.724. The maximum Gasteiger partial charge on any atom is 0.237 e. The lowest BCUT2D eigenvalue weighted by Crippen LogP contribution is -2.46. The molecule has 0 aliphatic carbocycles. The molecule has 0 saturated heterocycles. The molecule has 4 rings (SSSR count). The van der Waals surface area contributed by atoms with Crippen LogP contribution in [-0.2, 0) is 24.3 Å². The molecular formula is C20H22N6O. The van der Waals surface area contributed by atoms with Crippen molar-refractivity contribution in [3.63, 3.8) is 0 Å². The first-order valence-electron chi connectivity index (χ1n) is 9.11. The predicted octanol–water partition coefficient (Wildman–Crippen LogP) is 1.93. The third kappa shape index (κ3) is 3.88. The number of nitrogens with zero attached hydrogens (tertiary/aromatic N) is 4. The van der Waals surface area contributed by atoms with Crippen LogP contribution in [0.1, 0.15) is 23.9 Å². The first kappa shape index (κ1) is 17.4. The van der Waals surface area contributed by atoms with Crippen LogP contribution < -0.4 is 5.32 Å². The van der Waals surface area contributed by atoms with Crippen molar-refractivity contribution in [2.75, 3.05) is 6.54 Å². The summed E-state index contributed by atoms with van der Waals surface area (Å²) in [6, 6.07) is 11.9. The normalized spacial score (nSPS) is 15.1. The number of H-pyrrole nitrogens is 1. The summed E-state index contributed by atoms with van der Waals surface area (Å²) in [4.78, 5) is 23.2. The second-order valence-corrected chi connectivity index (χ2v) is 6.72. The van der Waals surface area contributed by atoms with Crippen LogP contribution >= 0.6 is 0 Å². The number of hydrogen-bond acceptors (Lipinski definition) is 5. The Balaban J connectivity index is 1.34. The lowest BCUT2D eigenvalue weighted by Gasteiger charge is -2.32. The summed E-state index contributed by atoms with van der Waals surface area (Å²) >= 11 is 0. The van der Waals surface area contributed by atoms with Gasteiger partial charge in [0, 0.05) is 31.0 Å². The number of aromatic amines is 1. The highest BCUT2D eigenvalue weighted by Gasteiger charge is 2.25. The monoisotopic (exact) mass is 362 g/mol. The highest BCUT2D eigenvalue weighted by molar-refractivity contribution is 5.81. The molecule has 1 aliphatic heterocycles. The van der Waals surface area contributed by atoms with Crippen LogP contribution in [0.15, 0.2) is 48.8 Å². The van der Waals surface area contributed by atoms with Crippen LogP contribution in [0.2, 0.25) is 0 Å². The van der Waals surface area contributed by atoms with Gasteiger partial charge in [-0.15, -0.1) is 0 Å². The maximum atomic E-state index is 12.6. The fourth-order valence-electron chi connectivity index (χ4n) is 3.34. The molecule has 3 heterocycles. The van der Waals surface area contributed by atoms with Crippen LogP contribution in [0.25, 0.3) is 11.4 Å². The average Bonchev–Trinajstić information content (AvgIpc) is 3.21. The van der Waals surface area contributed by atoms with Gasteiger partial charge in [-0.05, 0) is 36.6 Å². The Bertz CT molecular complexity index is 923. The molecule has 0 bridgehead atoms. The van der Waals surface area contributed by atoms with E-state index >= 15 is 0 Å². The number of hydrogen-bond donors (Lipinski definition) is 2. The minimum atomic E-state index is -0.194. The van der Waals surface area contributed by atoms with Crippen molar-refractivity contribution in [2.45, 2.75) is 32.5 Å². The van der Waals surface area contributed by atoms with Crippen molar-refractivity contribution in [1.82, 2.24) is 30.4 Å². The Morgan fingerprint density at radius 2 is 2.00 bits per heavy atom. The molecule has 1 unspecified atom stereocenters. The Morgan fingerprint density at radius 3 is 2.81 bits per heavy atom. The van der Waals surface area contributed by atoms with Gasteiger partial charge in [0.25, 0.3) is 0 Å². The maximum absolute atomic E-state index is 12.6. The zero-order valence-corrected chi connectivity index (χ0v) is 15.2. The van der Waals surface area contributed by atoms with Gasteiger partial charge in [-0.2, -0.15) is 5.10 Å².